The molecule has 0 fully saturated rings. The number of hydrogen-bond donors (Lipinski definition) is 2. The number of ether oxygens (including phenoxy) is 1. The monoisotopic (exact) mass is 319 g/mol. The lowest BCUT2D eigenvalue weighted by molar-refractivity contribution is -0.117. The van der Waals surface area contributed by atoms with Crippen LogP contribution < -0.4 is 15.8 Å². The highest BCUT2D eigenvalue weighted by molar-refractivity contribution is 6.32. The molecule has 1 aromatic heterocycles. The molecule has 0 unspecified atom stereocenters. The van der Waals surface area contributed by atoms with Gasteiger partial charge in [-0.1, -0.05) is 24.6 Å². The van der Waals surface area contributed by atoms with E-state index in [1.165, 1.54) is 0 Å². The van der Waals surface area contributed by atoms with Gasteiger partial charge >= 0.3 is 0 Å². The Morgan fingerprint density at radius 1 is 1.45 bits per heavy atom. The fraction of sp³-hybridized carbons (Fsp3) is 0.250. The van der Waals surface area contributed by atoms with Crippen molar-refractivity contribution in [3.63, 3.8) is 0 Å². The molecule has 1 atom stereocenters. The van der Waals surface area contributed by atoms with E-state index >= 15 is 0 Å². The molecule has 1 heterocycles. The number of nitrogens with one attached hydrogen (secondary N) is 1. The van der Waals surface area contributed by atoms with Gasteiger partial charge in [-0.25, -0.2) is 0 Å². The van der Waals surface area contributed by atoms with Gasteiger partial charge in [0.25, 0.3) is 0 Å². The molecule has 2 aromatic rings. The Morgan fingerprint density at radius 2 is 2.27 bits per heavy atom. The molecule has 3 N–H and O–H groups in total. The fourth-order valence-corrected chi connectivity index (χ4v) is 2.00. The van der Waals surface area contributed by atoms with E-state index in [1.807, 2.05) is 19.1 Å². The van der Waals surface area contributed by atoms with Crippen LogP contribution >= 0.6 is 11.6 Å². The Bertz CT molecular complexity index is 635. The lowest BCUT2D eigenvalue weighted by atomic mass is 10.2. The summed E-state index contributed by atoms with van der Waals surface area (Å²) in [5, 5.41) is 3.14. The zero-order valence-electron chi connectivity index (χ0n) is 12.3. The Hall–Kier alpha value is -2.11. The van der Waals surface area contributed by atoms with Crippen molar-refractivity contribution in [2.24, 2.45) is 5.73 Å². The molecule has 0 spiro atoms. The number of pyridine rings is 1. The smallest absolute Gasteiger partial charge is 0.241 e. The number of benzene rings is 1. The molecule has 0 aliphatic rings. The maximum absolute atomic E-state index is 11.7. The summed E-state index contributed by atoms with van der Waals surface area (Å²) in [6.07, 6.45) is 4.01. The van der Waals surface area contributed by atoms with E-state index in [4.69, 9.17) is 22.1 Å². The molecule has 116 valence electrons. The SMILES string of the molecule is CC[C@H](N)C(=O)Nc1ccc(OCc2cccnc2)c(Cl)c1. The van der Waals surface area contributed by atoms with Gasteiger partial charge in [0, 0.05) is 23.6 Å². The molecule has 0 radical (unpaired) electrons. The number of aromatic nitrogens is 1. The average Bonchev–Trinajstić information content (AvgIpc) is 2.54. The van der Waals surface area contributed by atoms with Crippen LogP contribution in [0, 0.1) is 0 Å². The molecule has 0 saturated heterocycles. The number of carbonyl (C=O) groups is 1. The lowest BCUT2D eigenvalue weighted by Crippen LogP contribution is -2.34. The quantitative estimate of drug-likeness (QED) is 0.858. The van der Waals surface area contributed by atoms with Crippen LogP contribution in [0.2, 0.25) is 5.02 Å². The van der Waals surface area contributed by atoms with Gasteiger partial charge in [0.2, 0.25) is 5.91 Å². The zero-order chi connectivity index (χ0) is 15.9. The molecule has 0 aliphatic heterocycles. The summed E-state index contributed by atoms with van der Waals surface area (Å²) in [5.41, 5.74) is 7.21. The van der Waals surface area contributed by atoms with Gasteiger partial charge in [0.1, 0.15) is 12.4 Å². The van der Waals surface area contributed by atoms with Crippen molar-refractivity contribution >= 4 is 23.2 Å². The van der Waals surface area contributed by atoms with E-state index in [2.05, 4.69) is 10.3 Å². The predicted octanol–water partition coefficient (Wildman–Crippen LogP) is 2.99. The molecular weight excluding hydrogens is 302 g/mol. The second kappa shape index (κ2) is 7.77. The average molecular weight is 320 g/mol. The van der Waals surface area contributed by atoms with Crippen molar-refractivity contribution < 1.29 is 9.53 Å². The fourth-order valence-electron chi connectivity index (χ4n) is 1.76. The molecule has 0 bridgehead atoms. The number of nitrogens with two attached hydrogens (primary N) is 1. The van der Waals surface area contributed by atoms with Crippen molar-refractivity contribution in [3.05, 3.63) is 53.3 Å². The van der Waals surface area contributed by atoms with E-state index < -0.39 is 6.04 Å². The van der Waals surface area contributed by atoms with E-state index in [-0.39, 0.29) is 5.91 Å². The molecule has 0 saturated carbocycles. The number of halogens is 1. The third-order valence-electron chi connectivity index (χ3n) is 3.09. The molecule has 2 rings (SSSR count). The van der Waals surface area contributed by atoms with Crippen LogP contribution in [0.15, 0.2) is 42.7 Å². The van der Waals surface area contributed by atoms with Crippen LogP contribution in [-0.4, -0.2) is 16.9 Å². The van der Waals surface area contributed by atoms with Gasteiger partial charge < -0.3 is 15.8 Å². The Balaban J connectivity index is 1.99. The highest BCUT2D eigenvalue weighted by Gasteiger charge is 2.12. The Labute approximate surface area is 134 Å². The summed E-state index contributed by atoms with van der Waals surface area (Å²) in [6, 6.07) is 8.31. The van der Waals surface area contributed by atoms with Crippen LogP contribution in [0.1, 0.15) is 18.9 Å². The van der Waals surface area contributed by atoms with E-state index in [0.717, 1.165) is 5.56 Å². The first-order valence-electron chi connectivity index (χ1n) is 6.98. The summed E-state index contributed by atoms with van der Waals surface area (Å²) in [7, 11) is 0. The summed E-state index contributed by atoms with van der Waals surface area (Å²) >= 11 is 6.17. The zero-order valence-corrected chi connectivity index (χ0v) is 13.0. The van der Waals surface area contributed by atoms with Crippen molar-refractivity contribution in [1.82, 2.24) is 4.98 Å². The number of hydrogen-bond acceptors (Lipinski definition) is 4. The summed E-state index contributed by atoms with van der Waals surface area (Å²) in [4.78, 5) is 15.8. The predicted molar refractivity (Wildman–Crippen MR) is 86.9 cm³/mol. The molecule has 1 aromatic carbocycles. The van der Waals surface area contributed by atoms with E-state index in [1.54, 1.807) is 30.6 Å². The van der Waals surface area contributed by atoms with Crippen molar-refractivity contribution in [2.45, 2.75) is 26.0 Å². The number of rotatable bonds is 6. The first-order chi connectivity index (χ1) is 10.6. The van der Waals surface area contributed by atoms with Crippen LogP contribution in [0.5, 0.6) is 5.75 Å². The van der Waals surface area contributed by atoms with Crippen LogP contribution in [0.3, 0.4) is 0 Å². The molecule has 5 nitrogen and oxygen atoms in total. The minimum atomic E-state index is -0.528. The summed E-state index contributed by atoms with van der Waals surface area (Å²) in [6.45, 7) is 2.23. The second-order valence-electron chi connectivity index (χ2n) is 4.80. The minimum Gasteiger partial charge on any atom is -0.487 e. The topological polar surface area (TPSA) is 77.2 Å². The van der Waals surface area contributed by atoms with E-state index in [9.17, 15) is 4.79 Å². The van der Waals surface area contributed by atoms with Crippen LogP contribution in [0.25, 0.3) is 0 Å². The Kier molecular flexibility index (Phi) is 5.75. The number of nitrogens with zero attached hydrogens (tertiary/aromatic N) is 1. The van der Waals surface area contributed by atoms with Crippen LogP contribution in [-0.2, 0) is 11.4 Å². The third-order valence-corrected chi connectivity index (χ3v) is 3.39. The second-order valence-corrected chi connectivity index (χ2v) is 5.21. The van der Waals surface area contributed by atoms with Gasteiger partial charge in [-0.3, -0.25) is 9.78 Å². The Morgan fingerprint density at radius 3 is 2.91 bits per heavy atom. The maximum Gasteiger partial charge on any atom is 0.241 e. The molecule has 6 heteroatoms. The van der Waals surface area contributed by atoms with Gasteiger partial charge in [0.15, 0.2) is 0 Å². The first kappa shape index (κ1) is 16.3. The standard InChI is InChI=1S/C16H18ClN3O2/c1-2-14(18)16(21)20-12-5-6-15(13(17)8-12)22-10-11-4-3-7-19-9-11/h3-9,14H,2,10,18H2,1H3,(H,20,21)/t14-/m0/s1. The van der Waals surface area contributed by atoms with Crippen LogP contribution in [0.4, 0.5) is 5.69 Å². The highest BCUT2D eigenvalue weighted by Crippen LogP contribution is 2.28. The van der Waals surface area contributed by atoms with Gasteiger partial charge in [0.05, 0.1) is 11.1 Å². The van der Waals surface area contributed by atoms with Crippen molar-refractivity contribution in [1.29, 1.82) is 0 Å². The van der Waals surface area contributed by atoms with Crippen molar-refractivity contribution in [2.75, 3.05) is 5.32 Å². The van der Waals surface area contributed by atoms with Gasteiger partial charge in [-0.15, -0.1) is 0 Å². The number of carbonyl (C=O) groups excluding carboxylic acids is 1. The number of amides is 1. The molecule has 1 amide bonds. The normalized spacial score (nSPS) is 11.8. The van der Waals surface area contributed by atoms with Gasteiger partial charge in [-0.2, -0.15) is 0 Å². The largest absolute Gasteiger partial charge is 0.487 e. The summed E-state index contributed by atoms with van der Waals surface area (Å²) < 4.78 is 5.64. The lowest BCUT2D eigenvalue weighted by Gasteiger charge is -2.12. The molecule has 22 heavy (non-hydrogen) atoms. The molecular formula is C16H18ClN3O2. The molecule has 0 aliphatic carbocycles. The highest BCUT2D eigenvalue weighted by atomic mass is 35.5. The van der Waals surface area contributed by atoms with E-state index in [0.29, 0.717) is 29.5 Å². The number of anilines is 1. The minimum absolute atomic E-state index is 0.234. The first-order valence-corrected chi connectivity index (χ1v) is 7.35. The van der Waals surface area contributed by atoms with Crippen molar-refractivity contribution in [3.8, 4) is 5.75 Å². The third kappa shape index (κ3) is 4.44. The van der Waals surface area contributed by atoms with Gasteiger partial charge in [-0.05, 0) is 30.7 Å². The summed E-state index contributed by atoms with van der Waals surface area (Å²) in [5.74, 6) is 0.311. The maximum atomic E-state index is 11.7.